The molecule has 4 rings (SSSR count). The standard InChI is InChI=1S/C19H20ClN5O/c1-12(2)18-21-9-14-10-25(8-7-16(14)22-18)11-17-23-19(24-26-17)13-3-5-15(20)6-4-13/h3-6,9,12H,7-8,10-11H2,1-2H3. The number of hydrogen-bond acceptors (Lipinski definition) is 6. The quantitative estimate of drug-likeness (QED) is 0.695. The van der Waals surface area contributed by atoms with Crippen LogP contribution < -0.4 is 0 Å². The molecule has 0 spiro atoms. The van der Waals surface area contributed by atoms with Gasteiger partial charge in [0.25, 0.3) is 0 Å². The van der Waals surface area contributed by atoms with Gasteiger partial charge < -0.3 is 4.52 Å². The third-order valence-electron chi connectivity index (χ3n) is 4.48. The number of fused-ring (bicyclic) bond motifs is 1. The minimum absolute atomic E-state index is 0.350. The van der Waals surface area contributed by atoms with Crippen LogP contribution in [0.25, 0.3) is 11.4 Å². The van der Waals surface area contributed by atoms with Gasteiger partial charge in [-0.1, -0.05) is 30.6 Å². The Morgan fingerprint density at radius 1 is 1.19 bits per heavy atom. The van der Waals surface area contributed by atoms with Crippen molar-refractivity contribution >= 4 is 11.6 Å². The fourth-order valence-electron chi connectivity index (χ4n) is 3.03. The summed E-state index contributed by atoms with van der Waals surface area (Å²) in [6, 6.07) is 7.41. The van der Waals surface area contributed by atoms with E-state index in [0.29, 0.717) is 29.2 Å². The Labute approximate surface area is 157 Å². The number of nitrogens with zero attached hydrogens (tertiary/aromatic N) is 5. The number of benzene rings is 1. The second-order valence-electron chi connectivity index (χ2n) is 6.83. The van der Waals surface area contributed by atoms with Crippen LogP contribution in [0.2, 0.25) is 5.02 Å². The van der Waals surface area contributed by atoms with E-state index < -0.39 is 0 Å². The third kappa shape index (κ3) is 3.61. The first kappa shape index (κ1) is 17.1. The molecular weight excluding hydrogens is 350 g/mol. The fourth-order valence-corrected chi connectivity index (χ4v) is 3.16. The Balaban J connectivity index is 1.45. The summed E-state index contributed by atoms with van der Waals surface area (Å²) in [6.45, 7) is 6.56. The Morgan fingerprint density at radius 2 is 2.00 bits per heavy atom. The molecule has 0 N–H and O–H groups in total. The van der Waals surface area contributed by atoms with Crippen LogP contribution in [-0.2, 0) is 19.5 Å². The Kier molecular flexibility index (Phi) is 4.70. The predicted molar refractivity (Wildman–Crippen MR) is 98.7 cm³/mol. The van der Waals surface area contributed by atoms with Gasteiger partial charge in [0.15, 0.2) is 0 Å². The summed E-state index contributed by atoms with van der Waals surface area (Å²) < 4.78 is 5.42. The molecule has 3 aromatic rings. The van der Waals surface area contributed by atoms with Crippen LogP contribution in [-0.4, -0.2) is 31.6 Å². The van der Waals surface area contributed by atoms with Crippen molar-refractivity contribution in [2.24, 2.45) is 0 Å². The maximum Gasteiger partial charge on any atom is 0.241 e. The highest BCUT2D eigenvalue weighted by Gasteiger charge is 2.21. The molecule has 0 bridgehead atoms. The first-order valence-corrected chi connectivity index (χ1v) is 9.12. The monoisotopic (exact) mass is 369 g/mol. The van der Waals surface area contributed by atoms with Crippen LogP contribution >= 0.6 is 11.6 Å². The molecular formula is C19H20ClN5O. The van der Waals surface area contributed by atoms with Gasteiger partial charge in [0.1, 0.15) is 5.82 Å². The largest absolute Gasteiger partial charge is 0.338 e. The maximum absolute atomic E-state index is 5.92. The van der Waals surface area contributed by atoms with E-state index in [9.17, 15) is 0 Å². The van der Waals surface area contributed by atoms with Crippen LogP contribution in [0, 0.1) is 0 Å². The number of hydrogen-bond donors (Lipinski definition) is 0. The summed E-state index contributed by atoms with van der Waals surface area (Å²) in [5, 5.41) is 4.76. The van der Waals surface area contributed by atoms with Crippen LogP contribution in [0.4, 0.5) is 0 Å². The second kappa shape index (κ2) is 7.13. The van der Waals surface area contributed by atoms with Crippen molar-refractivity contribution < 1.29 is 4.52 Å². The van der Waals surface area contributed by atoms with Gasteiger partial charge in [-0.05, 0) is 24.3 Å². The van der Waals surface area contributed by atoms with Crippen molar-refractivity contribution in [1.29, 1.82) is 0 Å². The third-order valence-corrected chi connectivity index (χ3v) is 4.73. The molecule has 1 aliphatic rings. The van der Waals surface area contributed by atoms with E-state index in [-0.39, 0.29) is 0 Å². The first-order valence-electron chi connectivity index (χ1n) is 8.74. The first-order chi connectivity index (χ1) is 12.6. The number of halogens is 1. The highest BCUT2D eigenvalue weighted by Crippen LogP contribution is 2.22. The molecule has 0 saturated carbocycles. The number of rotatable bonds is 4. The molecule has 0 saturated heterocycles. The molecule has 7 heteroatoms. The van der Waals surface area contributed by atoms with Gasteiger partial charge in [-0.15, -0.1) is 0 Å². The number of aromatic nitrogens is 4. The lowest BCUT2D eigenvalue weighted by atomic mass is 10.1. The molecule has 1 aromatic carbocycles. The topological polar surface area (TPSA) is 67.9 Å². The molecule has 0 aliphatic carbocycles. The van der Waals surface area contributed by atoms with E-state index in [4.69, 9.17) is 21.1 Å². The summed E-state index contributed by atoms with van der Waals surface area (Å²) in [5.41, 5.74) is 3.23. The van der Waals surface area contributed by atoms with Crippen LogP contribution in [0.15, 0.2) is 35.0 Å². The Morgan fingerprint density at radius 3 is 2.77 bits per heavy atom. The average Bonchev–Trinajstić information content (AvgIpc) is 3.10. The molecule has 6 nitrogen and oxygen atoms in total. The zero-order chi connectivity index (χ0) is 18.1. The molecule has 26 heavy (non-hydrogen) atoms. The molecule has 0 fully saturated rings. The lowest BCUT2D eigenvalue weighted by Crippen LogP contribution is -2.31. The fraction of sp³-hybridized carbons (Fsp3) is 0.368. The van der Waals surface area contributed by atoms with Gasteiger partial charge in [0, 0.05) is 53.5 Å². The highest BCUT2D eigenvalue weighted by atomic mass is 35.5. The van der Waals surface area contributed by atoms with Crippen molar-refractivity contribution in [3.8, 4) is 11.4 Å². The van der Waals surface area contributed by atoms with Gasteiger partial charge in [-0.2, -0.15) is 4.98 Å². The van der Waals surface area contributed by atoms with E-state index in [1.807, 2.05) is 30.5 Å². The summed E-state index contributed by atoms with van der Waals surface area (Å²) in [5.74, 6) is 2.46. The lowest BCUT2D eigenvalue weighted by Gasteiger charge is -2.26. The minimum atomic E-state index is 0.350. The summed E-state index contributed by atoms with van der Waals surface area (Å²) in [7, 11) is 0. The van der Waals surface area contributed by atoms with Gasteiger partial charge in [-0.3, -0.25) is 4.90 Å². The summed E-state index contributed by atoms with van der Waals surface area (Å²) in [4.78, 5) is 16.0. The van der Waals surface area contributed by atoms with Gasteiger partial charge in [0.2, 0.25) is 11.7 Å². The van der Waals surface area contributed by atoms with Crippen molar-refractivity contribution in [3.63, 3.8) is 0 Å². The summed E-state index contributed by atoms with van der Waals surface area (Å²) >= 11 is 5.92. The molecule has 3 heterocycles. The van der Waals surface area contributed by atoms with Gasteiger partial charge in [0.05, 0.1) is 6.54 Å². The van der Waals surface area contributed by atoms with Gasteiger partial charge in [-0.25, -0.2) is 9.97 Å². The van der Waals surface area contributed by atoms with E-state index in [1.165, 1.54) is 5.56 Å². The molecule has 2 aromatic heterocycles. The van der Waals surface area contributed by atoms with Crippen molar-refractivity contribution in [3.05, 3.63) is 58.5 Å². The second-order valence-corrected chi connectivity index (χ2v) is 7.27. The van der Waals surface area contributed by atoms with Crippen molar-refractivity contribution in [2.45, 2.75) is 39.3 Å². The van der Waals surface area contributed by atoms with Crippen LogP contribution in [0.3, 0.4) is 0 Å². The Hall–Kier alpha value is -2.31. The van der Waals surface area contributed by atoms with Gasteiger partial charge >= 0.3 is 0 Å². The predicted octanol–water partition coefficient (Wildman–Crippen LogP) is 3.86. The molecule has 0 amide bonds. The van der Waals surface area contributed by atoms with Crippen molar-refractivity contribution in [2.75, 3.05) is 6.54 Å². The van der Waals surface area contributed by atoms with E-state index in [1.54, 1.807) is 0 Å². The normalized spacial score (nSPS) is 14.6. The average molecular weight is 370 g/mol. The molecule has 134 valence electrons. The SMILES string of the molecule is CC(C)c1ncc2c(n1)CCN(Cc1nc(-c3ccc(Cl)cc3)no1)C2. The zero-order valence-electron chi connectivity index (χ0n) is 14.8. The smallest absolute Gasteiger partial charge is 0.241 e. The molecule has 1 aliphatic heterocycles. The molecule has 0 atom stereocenters. The Bertz CT molecular complexity index is 907. The van der Waals surface area contributed by atoms with Crippen molar-refractivity contribution in [1.82, 2.24) is 25.0 Å². The lowest BCUT2D eigenvalue weighted by molar-refractivity contribution is 0.208. The van der Waals surface area contributed by atoms with Crippen LogP contribution in [0.5, 0.6) is 0 Å². The highest BCUT2D eigenvalue weighted by molar-refractivity contribution is 6.30. The summed E-state index contributed by atoms with van der Waals surface area (Å²) in [6.07, 6.45) is 2.87. The van der Waals surface area contributed by atoms with E-state index >= 15 is 0 Å². The molecule has 0 radical (unpaired) electrons. The zero-order valence-corrected chi connectivity index (χ0v) is 15.6. The molecule has 0 unspecified atom stereocenters. The van der Waals surface area contributed by atoms with E-state index in [0.717, 1.165) is 36.6 Å². The minimum Gasteiger partial charge on any atom is -0.338 e. The van der Waals surface area contributed by atoms with Crippen LogP contribution in [0.1, 0.15) is 42.7 Å². The van der Waals surface area contributed by atoms with E-state index in [2.05, 4.69) is 33.9 Å². The maximum atomic E-state index is 5.92.